The molecule has 1 fully saturated rings. The molecule has 0 spiro atoms. The van der Waals surface area contributed by atoms with Gasteiger partial charge in [0.25, 0.3) is 5.56 Å². The second-order valence-corrected chi connectivity index (χ2v) is 10.6. The molecule has 3 aromatic rings. The molecular formula is C24H28N2O2S2. The maximum Gasteiger partial charge on any atom is 0.263 e. The van der Waals surface area contributed by atoms with Crippen LogP contribution in [0.2, 0.25) is 0 Å². The van der Waals surface area contributed by atoms with E-state index in [2.05, 4.69) is 19.1 Å². The minimum Gasteiger partial charge on any atom is -0.493 e. The second kappa shape index (κ2) is 8.75. The van der Waals surface area contributed by atoms with Gasteiger partial charge in [-0.25, -0.2) is 4.98 Å². The predicted molar refractivity (Wildman–Crippen MR) is 125 cm³/mol. The fourth-order valence-electron chi connectivity index (χ4n) is 4.71. The van der Waals surface area contributed by atoms with Crippen molar-refractivity contribution in [1.82, 2.24) is 9.55 Å². The molecule has 0 N–H and O–H groups in total. The topological polar surface area (TPSA) is 44.1 Å². The lowest BCUT2D eigenvalue weighted by atomic mass is 9.97. The van der Waals surface area contributed by atoms with E-state index in [1.165, 1.54) is 41.7 Å². The number of hydrogen-bond acceptors (Lipinski definition) is 5. The lowest BCUT2D eigenvalue weighted by molar-refractivity contribution is 0.343. The Balaban J connectivity index is 1.42. The third-order valence-electron chi connectivity index (χ3n) is 6.28. The Labute approximate surface area is 185 Å². The number of benzene rings is 1. The lowest BCUT2D eigenvalue weighted by Crippen LogP contribution is -2.27. The summed E-state index contributed by atoms with van der Waals surface area (Å²) in [5, 5.41) is 1.80. The minimum absolute atomic E-state index is 0.202. The number of rotatable bonds is 6. The highest BCUT2D eigenvalue weighted by atomic mass is 32.2. The molecule has 0 amide bonds. The average Bonchev–Trinajstić information content (AvgIpc) is 3.40. The molecular weight excluding hydrogens is 412 g/mol. The van der Waals surface area contributed by atoms with E-state index in [0.717, 1.165) is 52.6 Å². The van der Waals surface area contributed by atoms with Gasteiger partial charge >= 0.3 is 0 Å². The summed E-state index contributed by atoms with van der Waals surface area (Å²) in [5.74, 6) is 1.67. The summed E-state index contributed by atoms with van der Waals surface area (Å²) in [6, 6.07) is 8.45. The molecule has 2 heterocycles. The van der Waals surface area contributed by atoms with Crippen LogP contribution >= 0.6 is 23.1 Å². The van der Waals surface area contributed by atoms with E-state index >= 15 is 0 Å². The molecule has 2 aliphatic carbocycles. The van der Waals surface area contributed by atoms with Crippen molar-refractivity contribution in [2.75, 3.05) is 12.4 Å². The first-order chi connectivity index (χ1) is 14.7. The van der Waals surface area contributed by atoms with Crippen molar-refractivity contribution in [3.05, 3.63) is 50.6 Å². The molecule has 6 heteroatoms. The van der Waals surface area contributed by atoms with E-state index in [0.29, 0.717) is 12.6 Å². The summed E-state index contributed by atoms with van der Waals surface area (Å²) >= 11 is 3.41. The van der Waals surface area contributed by atoms with Gasteiger partial charge in [0.05, 0.1) is 12.0 Å². The van der Waals surface area contributed by atoms with E-state index in [4.69, 9.17) is 9.72 Å². The van der Waals surface area contributed by atoms with Crippen LogP contribution in [0.3, 0.4) is 0 Å². The molecule has 1 saturated carbocycles. The third kappa shape index (κ3) is 3.92. The van der Waals surface area contributed by atoms with Crippen LogP contribution in [-0.4, -0.2) is 21.9 Å². The van der Waals surface area contributed by atoms with Crippen LogP contribution in [0, 0.1) is 6.92 Å². The van der Waals surface area contributed by atoms with Crippen molar-refractivity contribution >= 4 is 33.3 Å². The van der Waals surface area contributed by atoms with Gasteiger partial charge < -0.3 is 4.74 Å². The maximum atomic E-state index is 13.6. The number of aromatic nitrogens is 2. The van der Waals surface area contributed by atoms with Crippen molar-refractivity contribution in [3.63, 3.8) is 0 Å². The van der Waals surface area contributed by atoms with Crippen LogP contribution in [0.5, 0.6) is 5.75 Å². The molecule has 0 saturated heterocycles. The molecule has 30 heavy (non-hydrogen) atoms. The molecule has 5 rings (SSSR count). The zero-order chi connectivity index (χ0) is 20.5. The summed E-state index contributed by atoms with van der Waals surface area (Å²) in [6.07, 6.45) is 9.15. The molecule has 158 valence electrons. The lowest BCUT2D eigenvalue weighted by Gasteiger charge is -2.18. The summed E-state index contributed by atoms with van der Waals surface area (Å²) in [7, 11) is 0. The van der Waals surface area contributed by atoms with Crippen molar-refractivity contribution in [3.8, 4) is 5.75 Å². The predicted octanol–water partition coefficient (Wildman–Crippen LogP) is 5.93. The molecule has 0 unspecified atom stereocenters. The van der Waals surface area contributed by atoms with Crippen molar-refractivity contribution in [2.24, 2.45) is 0 Å². The number of hydrogen-bond donors (Lipinski definition) is 0. The van der Waals surface area contributed by atoms with Crippen LogP contribution in [0.25, 0.3) is 10.2 Å². The number of thiophene rings is 1. The molecule has 4 nitrogen and oxygen atoms in total. The number of nitrogens with zero attached hydrogens (tertiary/aromatic N) is 2. The van der Waals surface area contributed by atoms with E-state index in [9.17, 15) is 4.79 Å². The van der Waals surface area contributed by atoms with Gasteiger partial charge in [0.15, 0.2) is 5.16 Å². The highest BCUT2D eigenvalue weighted by molar-refractivity contribution is 7.99. The highest BCUT2D eigenvalue weighted by Crippen LogP contribution is 2.37. The number of aryl methyl sites for hydroxylation is 3. The van der Waals surface area contributed by atoms with Gasteiger partial charge in [0, 0.05) is 16.7 Å². The fourth-order valence-corrected chi connectivity index (χ4v) is 6.90. The third-order valence-corrected chi connectivity index (χ3v) is 8.39. The van der Waals surface area contributed by atoms with Crippen LogP contribution in [-0.2, 0) is 12.8 Å². The first-order valence-corrected chi connectivity index (χ1v) is 12.9. The quantitative estimate of drug-likeness (QED) is 0.271. The summed E-state index contributed by atoms with van der Waals surface area (Å²) in [5.41, 5.74) is 2.73. The van der Waals surface area contributed by atoms with Crippen molar-refractivity contribution in [1.29, 1.82) is 0 Å². The molecule has 0 radical (unpaired) electrons. The Morgan fingerprint density at radius 1 is 1.13 bits per heavy atom. The van der Waals surface area contributed by atoms with Gasteiger partial charge in [-0.1, -0.05) is 42.3 Å². The molecule has 2 aromatic heterocycles. The van der Waals surface area contributed by atoms with Crippen molar-refractivity contribution < 1.29 is 4.74 Å². The summed E-state index contributed by atoms with van der Waals surface area (Å²) < 4.78 is 7.93. The molecule has 1 aromatic carbocycles. The van der Waals surface area contributed by atoms with Gasteiger partial charge in [0.2, 0.25) is 0 Å². The maximum absolute atomic E-state index is 13.6. The molecule has 2 aliphatic rings. The highest BCUT2D eigenvalue weighted by Gasteiger charge is 2.26. The SMILES string of the molecule is Cc1ccc(OCCSc2nc3sc4c(c3c(=O)n2C2CCCC2)CCCC4)cc1. The van der Waals surface area contributed by atoms with Crippen LogP contribution in [0.15, 0.2) is 34.2 Å². The second-order valence-electron chi connectivity index (χ2n) is 8.41. The van der Waals surface area contributed by atoms with Gasteiger partial charge in [-0.3, -0.25) is 9.36 Å². The smallest absolute Gasteiger partial charge is 0.263 e. The summed E-state index contributed by atoms with van der Waals surface area (Å²) in [6.45, 7) is 2.68. The molecule has 0 atom stereocenters. The van der Waals surface area contributed by atoms with Crippen LogP contribution in [0.1, 0.15) is 60.6 Å². The first kappa shape index (κ1) is 20.1. The Kier molecular flexibility index (Phi) is 5.87. The Hall–Kier alpha value is -1.79. The van der Waals surface area contributed by atoms with Gasteiger partial charge in [-0.05, 0) is 63.1 Å². The van der Waals surface area contributed by atoms with Crippen LogP contribution < -0.4 is 10.3 Å². The Bertz CT molecular complexity index is 1100. The van der Waals surface area contributed by atoms with Crippen LogP contribution in [0.4, 0.5) is 0 Å². The summed E-state index contributed by atoms with van der Waals surface area (Å²) in [4.78, 5) is 21.0. The number of fused-ring (bicyclic) bond motifs is 3. The Morgan fingerprint density at radius 2 is 1.90 bits per heavy atom. The average molecular weight is 441 g/mol. The number of ether oxygens (including phenoxy) is 1. The van der Waals surface area contributed by atoms with Crippen molar-refractivity contribution in [2.45, 2.75) is 69.5 Å². The largest absolute Gasteiger partial charge is 0.493 e. The number of thioether (sulfide) groups is 1. The van der Waals surface area contributed by atoms with Gasteiger partial charge in [0.1, 0.15) is 10.6 Å². The zero-order valence-corrected chi connectivity index (χ0v) is 19.1. The van der Waals surface area contributed by atoms with Gasteiger partial charge in [-0.15, -0.1) is 11.3 Å². The molecule has 0 bridgehead atoms. The fraction of sp³-hybridized carbons (Fsp3) is 0.500. The van der Waals surface area contributed by atoms with E-state index < -0.39 is 0 Å². The standard InChI is InChI=1S/C24H28N2O2S2/c1-16-10-12-18(13-11-16)28-14-15-29-24-25-22-21(19-8-4-5-9-20(19)30-22)23(27)26(24)17-6-2-3-7-17/h10-13,17H,2-9,14-15H2,1H3. The van der Waals surface area contributed by atoms with E-state index in [-0.39, 0.29) is 5.56 Å². The molecule has 0 aliphatic heterocycles. The van der Waals surface area contributed by atoms with E-state index in [1.54, 1.807) is 23.1 Å². The Morgan fingerprint density at radius 3 is 2.70 bits per heavy atom. The monoisotopic (exact) mass is 440 g/mol. The van der Waals surface area contributed by atoms with Gasteiger partial charge in [-0.2, -0.15) is 0 Å². The first-order valence-electron chi connectivity index (χ1n) is 11.1. The minimum atomic E-state index is 0.202. The van der Waals surface area contributed by atoms with E-state index in [1.807, 2.05) is 16.7 Å². The zero-order valence-electron chi connectivity index (χ0n) is 17.5. The normalized spacial score (nSPS) is 16.8.